The zero-order valence-corrected chi connectivity index (χ0v) is 28.9. The molecule has 6 rings (SSSR count). The number of carbonyl (C=O) groups is 2. The first-order valence-corrected chi connectivity index (χ1v) is 17.5. The number of aliphatic hydroxyl groups excluding tert-OH is 1. The lowest BCUT2D eigenvalue weighted by Crippen LogP contribution is -2.49. The molecule has 0 aliphatic carbocycles. The number of para-hydroxylation sites is 2. The number of non-ortho nitro benzene ring substituents is 1. The van der Waals surface area contributed by atoms with Crippen molar-refractivity contribution < 1.29 is 29.1 Å². The summed E-state index contributed by atoms with van der Waals surface area (Å²) in [4.78, 5) is 40.2. The quantitative estimate of drug-likeness (QED) is 0.0757. The Hall–Kier alpha value is -5.34. The fourth-order valence-corrected chi connectivity index (χ4v) is 6.47. The molecule has 2 fully saturated rings. The van der Waals surface area contributed by atoms with E-state index in [1.165, 1.54) is 0 Å². The molecule has 13 heteroatoms. The lowest BCUT2D eigenvalue weighted by atomic mass is 9.99. The number of nitro groups is 1. The third kappa shape index (κ3) is 9.70. The molecule has 0 unspecified atom stereocenters. The molecule has 2 aliphatic heterocycles. The Morgan fingerprint density at radius 2 is 1.48 bits per heavy atom. The molecule has 2 aliphatic rings. The van der Waals surface area contributed by atoms with Gasteiger partial charge < -0.3 is 35.8 Å². The zero-order chi connectivity index (χ0) is 36.5. The fourth-order valence-electron chi connectivity index (χ4n) is 6.47. The monoisotopic (exact) mass is 708 g/mol. The first kappa shape index (κ1) is 36.5. The largest absolute Gasteiger partial charge is 0.397 e. The molecule has 4 aromatic carbocycles. The van der Waals surface area contributed by atoms with E-state index < -0.39 is 6.29 Å². The molecule has 52 heavy (non-hydrogen) atoms. The minimum absolute atomic E-state index is 0.0337. The van der Waals surface area contributed by atoms with Crippen molar-refractivity contribution in [3.05, 3.63) is 124 Å². The van der Waals surface area contributed by atoms with Gasteiger partial charge in [0.1, 0.15) is 0 Å². The van der Waals surface area contributed by atoms with E-state index in [-0.39, 0.29) is 54.1 Å². The number of amides is 2. The van der Waals surface area contributed by atoms with Crippen LogP contribution in [-0.2, 0) is 25.7 Å². The number of nitro benzene ring substituents is 1. The van der Waals surface area contributed by atoms with Crippen LogP contribution >= 0.6 is 0 Å². The highest BCUT2D eigenvalue weighted by Gasteiger charge is 2.34. The topological polar surface area (TPSA) is 173 Å². The molecule has 2 heterocycles. The second kappa shape index (κ2) is 17.2. The Morgan fingerprint density at radius 3 is 2.13 bits per heavy atom. The summed E-state index contributed by atoms with van der Waals surface area (Å²) in [5.41, 5.74) is 11.3. The number of nitrogens with one attached hydrogen (secondary N) is 2. The number of carbonyl (C=O) groups excluding carboxylic acids is 2. The van der Waals surface area contributed by atoms with E-state index >= 15 is 0 Å². The zero-order valence-electron chi connectivity index (χ0n) is 28.9. The summed E-state index contributed by atoms with van der Waals surface area (Å²) < 4.78 is 13.1. The average molecular weight is 709 g/mol. The Kier molecular flexibility index (Phi) is 12.1. The average Bonchev–Trinajstić information content (AvgIpc) is 3.16. The predicted octanol–water partition coefficient (Wildman–Crippen LogP) is 5.78. The van der Waals surface area contributed by atoms with E-state index in [9.17, 15) is 24.8 Å². The molecule has 0 aromatic heterocycles. The highest BCUT2D eigenvalue weighted by atomic mass is 16.7. The molecular weight excluding hydrogens is 664 g/mol. The van der Waals surface area contributed by atoms with Gasteiger partial charge in [-0.15, -0.1) is 0 Å². The van der Waals surface area contributed by atoms with Crippen LogP contribution in [0.25, 0.3) is 0 Å². The maximum absolute atomic E-state index is 12.6. The molecule has 272 valence electrons. The van der Waals surface area contributed by atoms with E-state index in [2.05, 4.69) is 20.4 Å². The van der Waals surface area contributed by atoms with Crippen molar-refractivity contribution in [2.24, 2.45) is 0 Å². The van der Waals surface area contributed by atoms with Crippen LogP contribution in [0.2, 0.25) is 0 Å². The summed E-state index contributed by atoms with van der Waals surface area (Å²) in [6, 6.07) is 28.9. The highest BCUT2D eigenvalue weighted by molar-refractivity contribution is 5.94. The Morgan fingerprint density at radius 1 is 0.827 bits per heavy atom. The van der Waals surface area contributed by atoms with Crippen LogP contribution in [0.1, 0.15) is 54.8 Å². The van der Waals surface area contributed by atoms with Crippen molar-refractivity contribution in [2.45, 2.75) is 50.8 Å². The van der Waals surface area contributed by atoms with Gasteiger partial charge in [0.15, 0.2) is 6.29 Å². The van der Waals surface area contributed by atoms with Gasteiger partial charge in [0.25, 0.3) is 5.69 Å². The number of nitrogens with zero attached hydrogens (tertiary/aromatic N) is 3. The second-order valence-corrected chi connectivity index (χ2v) is 13.1. The van der Waals surface area contributed by atoms with Crippen molar-refractivity contribution in [3.63, 3.8) is 0 Å². The molecule has 0 radical (unpaired) electrons. The molecule has 2 saturated heterocycles. The number of hydrogen-bond acceptors (Lipinski definition) is 10. The van der Waals surface area contributed by atoms with E-state index in [0.29, 0.717) is 36.4 Å². The van der Waals surface area contributed by atoms with Gasteiger partial charge in [0.2, 0.25) is 11.8 Å². The molecule has 0 bridgehead atoms. The van der Waals surface area contributed by atoms with Crippen molar-refractivity contribution in [2.75, 3.05) is 54.0 Å². The number of benzene rings is 4. The standard InChI is InChI=1S/C39H44N6O7/c40-34-4-1-2-5-35(34)42-38(48)7-3-6-37(47)41-30-14-12-29(13-15-30)39-51-33(24-36(52-39)28-10-8-27(26-46)9-11-28)25-43-20-22-44(23-21-43)31-16-18-32(19-17-31)45(49)50/h1-2,4-5,8-19,33,36,39,46H,3,6-7,20-26,40H2,(H,41,47)(H,42,48)/t33-,36+,39+/m1/s1. The summed E-state index contributed by atoms with van der Waals surface area (Å²) >= 11 is 0. The van der Waals surface area contributed by atoms with Gasteiger partial charge in [-0.3, -0.25) is 24.6 Å². The van der Waals surface area contributed by atoms with Crippen molar-refractivity contribution >= 4 is 40.3 Å². The summed E-state index contributed by atoms with van der Waals surface area (Å²) in [7, 11) is 0. The third-order valence-corrected chi connectivity index (χ3v) is 9.38. The van der Waals surface area contributed by atoms with E-state index in [1.807, 2.05) is 48.5 Å². The lowest BCUT2D eigenvalue weighted by Gasteiger charge is -2.41. The maximum atomic E-state index is 12.6. The Labute approximate surface area is 302 Å². The van der Waals surface area contributed by atoms with Crippen LogP contribution in [0.5, 0.6) is 0 Å². The third-order valence-electron chi connectivity index (χ3n) is 9.38. The molecule has 0 spiro atoms. The van der Waals surface area contributed by atoms with Crippen LogP contribution in [-0.4, -0.2) is 65.6 Å². The van der Waals surface area contributed by atoms with Crippen LogP contribution < -0.4 is 21.3 Å². The first-order chi connectivity index (χ1) is 25.2. The second-order valence-electron chi connectivity index (χ2n) is 13.1. The molecule has 0 saturated carbocycles. The molecule has 5 N–H and O–H groups in total. The van der Waals surface area contributed by atoms with Crippen molar-refractivity contribution in [3.8, 4) is 0 Å². The summed E-state index contributed by atoms with van der Waals surface area (Å²) in [6.45, 7) is 3.90. The van der Waals surface area contributed by atoms with Crippen LogP contribution in [0.4, 0.5) is 28.4 Å². The number of nitrogens with two attached hydrogens (primary N) is 1. The first-order valence-electron chi connectivity index (χ1n) is 17.5. The molecule has 2 amide bonds. The molecular formula is C39H44N6O7. The lowest BCUT2D eigenvalue weighted by molar-refractivity contribution is -0.384. The summed E-state index contributed by atoms with van der Waals surface area (Å²) in [5.74, 6) is -0.391. The number of ether oxygens (including phenoxy) is 2. The predicted molar refractivity (Wildman–Crippen MR) is 199 cm³/mol. The number of rotatable bonds is 13. The maximum Gasteiger partial charge on any atom is 0.269 e. The molecule has 13 nitrogen and oxygen atoms in total. The number of anilines is 4. The normalized spacial score (nSPS) is 19.2. The number of piperazine rings is 1. The number of nitrogen functional groups attached to an aromatic ring is 1. The van der Waals surface area contributed by atoms with Crippen LogP contribution in [0, 0.1) is 10.1 Å². The van der Waals surface area contributed by atoms with Crippen LogP contribution in [0.15, 0.2) is 97.1 Å². The smallest absolute Gasteiger partial charge is 0.269 e. The van der Waals surface area contributed by atoms with Gasteiger partial charge in [-0.25, -0.2) is 0 Å². The van der Waals surface area contributed by atoms with E-state index in [0.717, 1.165) is 48.6 Å². The summed E-state index contributed by atoms with van der Waals surface area (Å²) in [6.07, 6.45) is 0.439. The van der Waals surface area contributed by atoms with E-state index in [4.69, 9.17) is 15.2 Å². The van der Waals surface area contributed by atoms with Crippen molar-refractivity contribution in [1.29, 1.82) is 0 Å². The van der Waals surface area contributed by atoms with E-state index in [1.54, 1.807) is 48.5 Å². The Bertz CT molecular complexity index is 1810. The minimum atomic E-state index is -0.635. The minimum Gasteiger partial charge on any atom is -0.397 e. The van der Waals surface area contributed by atoms with Gasteiger partial charge in [-0.1, -0.05) is 48.5 Å². The number of hydrogen-bond donors (Lipinski definition) is 4. The van der Waals surface area contributed by atoms with Gasteiger partial charge in [0.05, 0.1) is 35.1 Å². The highest BCUT2D eigenvalue weighted by Crippen LogP contribution is 2.38. The molecule has 3 atom stereocenters. The molecule has 4 aromatic rings. The van der Waals surface area contributed by atoms with Gasteiger partial charge >= 0.3 is 0 Å². The number of aliphatic hydroxyl groups is 1. The van der Waals surface area contributed by atoms with Gasteiger partial charge in [0, 0.05) is 81.1 Å². The fraction of sp³-hybridized carbons (Fsp3) is 0.333. The summed E-state index contributed by atoms with van der Waals surface area (Å²) in [5, 5.41) is 26.3. The van der Waals surface area contributed by atoms with Crippen molar-refractivity contribution in [1.82, 2.24) is 4.90 Å². The van der Waals surface area contributed by atoms with Crippen LogP contribution in [0.3, 0.4) is 0 Å². The Balaban J connectivity index is 1.04. The van der Waals surface area contributed by atoms with Gasteiger partial charge in [-0.2, -0.15) is 0 Å². The van der Waals surface area contributed by atoms with Gasteiger partial charge in [-0.05, 0) is 53.9 Å². The SMILES string of the molecule is Nc1ccccc1NC(=O)CCCC(=O)Nc1ccc([C@H]2O[C@@H](CN3CCN(c4ccc([N+](=O)[O-])cc4)CC3)C[C@@H](c3ccc(CO)cc3)O2)cc1.